The normalized spacial score (nSPS) is 22.7. The largest absolute Gasteiger partial charge is 0.456 e. The highest BCUT2D eigenvalue weighted by Gasteiger charge is 2.52. The van der Waals surface area contributed by atoms with Crippen LogP contribution in [0.5, 0.6) is 0 Å². The summed E-state index contributed by atoms with van der Waals surface area (Å²) in [5.74, 6) is 0.106. The quantitative estimate of drug-likeness (QED) is 0.402. The lowest BCUT2D eigenvalue weighted by Gasteiger charge is -2.33. The van der Waals surface area contributed by atoms with Gasteiger partial charge in [-0.25, -0.2) is 4.79 Å². The van der Waals surface area contributed by atoms with Gasteiger partial charge in [-0.3, -0.25) is 23.9 Å². The van der Waals surface area contributed by atoms with E-state index in [1.54, 1.807) is 30.5 Å². The molecule has 3 amide bonds. The number of rotatable bonds is 6. The van der Waals surface area contributed by atoms with Crippen LogP contribution in [0.15, 0.2) is 16.7 Å². The number of aromatic nitrogens is 2. The number of carbonyl (C=O) groups is 4. The van der Waals surface area contributed by atoms with Gasteiger partial charge in [-0.1, -0.05) is 12.1 Å². The number of carbonyl (C=O) groups excluding carboxylic acids is 4. The fourth-order valence-electron chi connectivity index (χ4n) is 4.67. The van der Waals surface area contributed by atoms with Crippen molar-refractivity contribution < 1.29 is 28.4 Å². The first-order valence-corrected chi connectivity index (χ1v) is 11.1. The molecule has 1 spiro atoms. The zero-order valence-electron chi connectivity index (χ0n) is 19.3. The minimum atomic E-state index is -0.920. The van der Waals surface area contributed by atoms with E-state index in [1.165, 1.54) is 0 Å². The third kappa shape index (κ3) is 4.17. The highest BCUT2D eigenvalue weighted by molar-refractivity contribution is 6.09. The summed E-state index contributed by atoms with van der Waals surface area (Å²) in [7, 11) is 0. The molecule has 3 heterocycles. The zero-order valence-corrected chi connectivity index (χ0v) is 19.3. The van der Waals surface area contributed by atoms with E-state index in [0.29, 0.717) is 41.6 Å². The summed E-state index contributed by atoms with van der Waals surface area (Å²) in [6, 6.07) is 2.86. The number of Topliss-reactive ketones (excluding diaryl/α,β-unsaturated/α-hetero) is 1. The van der Waals surface area contributed by atoms with Gasteiger partial charge in [0.1, 0.15) is 17.8 Å². The molecule has 0 aromatic carbocycles. The number of nitrogens with zero attached hydrogens (tertiary/aromatic N) is 3. The van der Waals surface area contributed by atoms with Gasteiger partial charge in [0.15, 0.2) is 12.4 Å². The number of esters is 1. The summed E-state index contributed by atoms with van der Waals surface area (Å²) >= 11 is 0. The van der Waals surface area contributed by atoms with E-state index in [4.69, 9.17) is 9.26 Å². The first kappa shape index (κ1) is 22.8. The molecule has 176 valence electrons. The fraction of sp³-hybridized carbons (Fsp3) is 0.522. The Balaban J connectivity index is 1.37. The van der Waals surface area contributed by atoms with E-state index >= 15 is 0 Å². The summed E-state index contributed by atoms with van der Waals surface area (Å²) in [6.07, 6.45) is 2.79. The van der Waals surface area contributed by atoms with Crippen LogP contribution in [0.25, 0.3) is 5.82 Å². The summed E-state index contributed by atoms with van der Waals surface area (Å²) in [4.78, 5) is 51.2. The van der Waals surface area contributed by atoms with E-state index in [1.807, 2.05) is 6.92 Å². The number of hydrogen-bond acceptors (Lipinski definition) is 7. The molecule has 2 aliphatic rings. The number of imide groups is 1. The molecule has 1 saturated carbocycles. The van der Waals surface area contributed by atoms with Crippen molar-refractivity contribution in [3.8, 4) is 5.82 Å². The lowest BCUT2D eigenvalue weighted by atomic mass is 9.77. The second-order valence-corrected chi connectivity index (χ2v) is 9.09. The number of amides is 3. The predicted molar refractivity (Wildman–Crippen MR) is 116 cm³/mol. The number of hydrogen-bond donors (Lipinski definition) is 1. The molecule has 10 heteroatoms. The lowest BCUT2D eigenvalue weighted by Crippen LogP contribution is -2.49. The topological polar surface area (TPSA) is 124 Å². The standard InChI is InChI=1S/C23H28N4O6/c1-13-5-7-23(8-6-13)21(30)26(22(31)24-23)11-20(29)32-12-18(28)17-9-14(2)27(16(17)4)19-10-15(3)33-25-19/h9-10,13H,5-8,11-12H2,1-4H3,(H,24,31). The molecule has 33 heavy (non-hydrogen) atoms. The molecule has 1 saturated heterocycles. The van der Waals surface area contributed by atoms with Crippen molar-refractivity contribution in [3.63, 3.8) is 0 Å². The van der Waals surface area contributed by atoms with Crippen molar-refractivity contribution in [2.75, 3.05) is 13.2 Å². The van der Waals surface area contributed by atoms with Crippen molar-refractivity contribution in [1.29, 1.82) is 0 Å². The third-order valence-corrected chi connectivity index (χ3v) is 6.60. The second-order valence-electron chi connectivity index (χ2n) is 9.09. The molecule has 0 unspecified atom stereocenters. The first-order valence-electron chi connectivity index (χ1n) is 11.1. The Bertz CT molecular complexity index is 1120. The van der Waals surface area contributed by atoms with Crippen molar-refractivity contribution in [1.82, 2.24) is 19.9 Å². The third-order valence-electron chi connectivity index (χ3n) is 6.60. The van der Waals surface area contributed by atoms with Crippen LogP contribution in [0.4, 0.5) is 4.79 Å². The Morgan fingerprint density at radius 2 is 1.91 bits per heavy atom. The second kappa shape index (κ2) is 8.49. The Morgan fingerprint density at radius 1 is 1.21 bits per heavy atom. The molecule has 1 aliphatic carbocycles. The van der Waals surface area contributed by atoms with Crippen LogP contribution < -0.4 is 5.32 Å². The van der Waals surface area contributed by atoms with Gasteiger partial charge in [-0.05, 0) is 58.4 Å². The average molecular weight is 456 g/mol. The highest BCUT2D eigenvalue weighted by atomic mass is 16.5. The van der Waals surface area contributed by atoms with Gasteiger partial charge in [0.25, 0.3) is 5.91 Å². The Labute approximate surface area is 191 Å². The Morgan fingerprint density at radius 3 is 2.55 bits per heavy atom. The van der Waals surface area contributed by atoms with Crippen LogP contribution in [0, 0.1) is 26.7 Å². The Hall–Kier alpha value is -3.43. The predicted octanol–water partition coefficient (Wildman–Crippen LogP) is 2.62. The molecule has 0 bridgehead atoms. The van der Waals surface area contributed by atoms with E-state index in [2.05, 4.69) is 17.4 Å². The van der Waals surface area contributed by atoms with Gasteiger partial charge in [-0.15, -0.1) is 0 Å². The molecular weight excluding hydrogens is 428 g/mol. The van der Waals surface area contributed by atoms with E-state index in [0.717, 1.165) is 23.4 Å². The maximum absolute atomic E-state index is 12.9. The van der Waals surface area contributed by atoms with Crippen LogP contribution in [0.3, 0.4) is 0 Å². The fourth-order valence-corrected chi connectivity index (χ4v) is 4.67. The van der Waals surface area contributed by atoms with Crippen molar-refractivity contribution in [2.24, 2.45) is 5.92 Å². The smallest absolute Gasteiger partial charge is 0.326 e. The van der Waals surface area contributed by atoms with Gasteiger partial charge >= 0.3 is 12.0 Å². The molecule has 1 N–H and O–H groups in total. The Kier molecular flexibility index (Phi) is 5.85. The highest BCUT2D eigenvalue weighted by Crippen LogP contribution is 2.36. The van der Waals surface area contributed by atoms with E-state index in [9.17, 15) is 19.2 Å². The molecule has 0 atom stereocenters. The zero-order chi connectivity index (χ0) is 23.9. The van der Waals surface area contributed by atoms with Gasteiger partial charge in [-0.2, -0.15) is 0 Å². The molecule has 0 radical (unpaired) electrons. The lowest BCUT2D eigenvalue weighted by molar-refractivity contribution is -0.147. The van der Waals surface area contributed by atoms with E-state index in [-0.39, 0.29) is 0 Å². The SMILES string of the molecule is Cc1cc(-n2c(C)cc(C(=O)COC(=O)CN3C(=O)NC4(CCC(C)CC4)C3=O)c2C)no1. The van der Waals surface area contributed by atoms with Gasteiger partial charge < -0.3 is 14.6 Å². The van der Waals surface area contributed by atoms with Crippen LogP contribution in [-0.4, -0.2) is 57.0 Å². The van der Waals surface area contributed by atoms with Gasteiger partial charge in [0, 0.05) is 23.0 Å². The van der Waals surface area contributed by atoms with Crippen molar-refractivity contribution in [3.05, 3.63) is 34.8 Å². The van der Waals surface area contributed by atoms with Gasteiger partial charge in [0.05, 0.1) is 0 Å². The number of urea groups is 1. The van der Waals surface area contributed by atoms with Crippen LogP contribution in [0.2, 0.25) is 0 Å². The molecule has 4 rings (SSSR count). The minimum absolute atomic E-state index is 0.391. The van der Waals surface area contributed by atoms with Crippen molar-refractivity contribution >= 4 is 23.7 Å². The van der Waals surface area contributed by atoms with Gasteiger partial charge in [0.2, 0.25) is 5.78 Å². The molecule has 10 nitrogen and oxygen atoms in total. The minimum Gasteiger partial charge on any atom is -0.456 e. The molecule has 2 fully saturated rings. The van der Waals surface area contributed by atoms with Crippen molar-refractivity contribution in [2.45, 2.75) is 58.9 Å². The monoisotopic (exact) mass is 456 g/mol. The van der Waals surface area contributed by atoms with E-state index < -0.39 is 42.4 Å². The van der Waals surface area contributed by atoms with Crippen LogP contribution in [0.1, 0.15) is 60.1 Å². The number of ether oxygens (including phenoxy) is 1. The van der Waals surface area contributed by atoms with Crippen LogP contribution in [-0.2, 0) is 14.3 Å². The molecule has 1 aliphatic heterocycles. The summed E-state index contributed by atoms with van der Waals surface area (Å²) in [5, 5.41) is 6.75. The number of aryl methyl sites for hydroxylation is 2. The molecule has 2 aromatic rings. The summed E-state index contributed by atoms with van der Waals surface area (Å²) in [5.41, 5.74) is 0.897. The number of nitrogens with one attached hydrogen (secondary N) is 1. The maximum atomic E-state index is 12.9. The molecule has 2 aromatic heterocycles. The number of ketones is 1. The maximum Gasteiger partial charge on any atom is 0.326 e. The molecular formula is C23H28N4O6. The summed E-state index contributed by atoms with van der Waals surface area (Å²) < 4.78 is 12.0. The average Bonchev–Trinajstić information content (AvgIpc) is 3.39. The van der Waals surface area contributed by atoms with Crippen LogP contribution >= 0.6 is 0 Å². The summed E-state index contributed by atoms with van der Waals surface area (Å²) in [6.45, 7) is 6.48. The first-order chi connectivity index (χ1) is 15.6.